The summed E-state index contributed by atoms with van der Waals surface area (Å²) in [6.07, 6.45) is 0. The lowest BCUT2D eigenvalue weighted by atomic mass is 9.92. The second-order valence-corrected chi connectivity index (χ2v) is 8.12. The number of anilines is 1. The third-order valence-electron chi connectivity index (χ3n) is 4.89. The zero-order valence-corrected chi connectivity index (χ0v) is 18.4. The summed E-state index contributed by atoms with van der Waals surface area (Å²) in [5, 5.41) is 5.71. The Bertz CT molecular complexity index is 1030. The number of hydrogen-bond acceptors (Lipinski definition) is 7. The highest BCUT2D eigenvalue weighted by molar-refractivity contribution is 7.18. The number of nitrogens with zero attached hydrogens (tertiary/aromatic N) is 1. The molecule has 1 atom stereocenters. The van der Waals surface area contributed by atoms with E-state index in [1.165, 1.54) is 7.11 Å². The number of amides is 4. The van der Waals surface area contributed by atoms with Crippen LogP contribution in [0.3, 0.4) is 0 Å². The van der Waals surface area contributed by atoms with Crippen LogP contribution in [0.2, 0.25) is 0 Å². The summed E-state index contributed by atoms with van der Waals surface area (Å²) in [6.45, 7) is 4.82. The van der Waals surface area contributed by atoms with Gasteiger partial charge in [0, 0.05) is 0 Å². The molecule has 0 aliphatic carbocycles. The maximum Gasteiger partial charge on any atom is 0.348 e. The van der Waals surface area contributed by atoms with Crippen molar-refractivity contribution in [2.24, 2.45) is 0 Å². The van der Waals surface area contributed by atoms with Crippen molar-refractivity contribution in [1.82, 2.24) is 10.2 Å². The van der Waals surface area contributed by atoms with Gasteiger partial charge in [-0.15, -0.1) is 11.3 Å². The van der Waals surface area contributed by atoms with Crippen LogP contribution >= 0.6 is 11.3 Å². The number of benzene rings is 1. The van der Waals surface area contributed by atoms with Gasteiger partial charge in [0.05, 0.1) is 18.7 Å². The molecule has 2 N–H and O–H groups in total. The number of carbonyl (C=O) groups is 4. The van der Waals surface area contributed by atoms with Gasteiger partial charge in [0.25, 0.3) is 5.91 Å². The minimum atomic E-state index is -1.29. The molecule has 0 saturated carbocycles. The van der Waals surface area contributed by atoms with E-state index in [0.29, 0.717) is 26.8 Å². The first kappa shape index (κ1) is 22.3. The van der Waals surface area contributed by atoms with Crippen LogP contribution in [0.5, 0.6) is 5.75 Å². The van der Waals surface area contributed by atoms with E-state index in [-0.39, 0.29) is 6.61 Å². The Morgan fingerprint density at radius 1 is 1.23 bits per heavy atom. The number of methoxy groups -OCH3 is 1. The third kappa shape index (κ3) is 4.38. The standard InChI is InChI=1S/C21H23N3O6S/c1-5-30-18(26)17-12(2)10-16(31-17)22-15(25)11-24-19(27)21(3,23-20(24)28)13-6-8-14(29-4)9-7-13/h6-10H,5,11H2,1-4H3,(H,22,25)(H,23,28). The number of aryl methyl sites for hydroxylation is 1. The minimum absolute atomic E-state index is 0.247. The second-order valence-electron chi connectivity index (χ2n) is 7.07. The fourth-order valence-electron chi connectivity index (χ4n) is 3.22. The summed E-state index contributed by atoms with van der Waals surface area (Å²) in [5.41, 5.74) is -0.0522. The Labute approximate surface area is 183 Å². The average Bonchev–Trinajstić information content (AvgIpc) is 3.20. The first-order valence-corrected chi connectivity index (χ1v) is 10.4. The van der Waals surface area contributed by atoms with E-state index < -0.39 is 35.9 Å². The SMILES string of the molecule is CCOC(=O)c1sc(NC(=O)CN2C(=O)NC(C)(c3ccc(OC)cc3)C2=O)cc1C. The fourth-order valence-corrected chi connectivity index (χ4v) is 4.21. The Morgan fingerprint density at radius 2 is 1.90 bits per heavy atom. The van der Waals surface area contributed by atoms with E-state index in [2.05, 4.69) is 10.6 Å². The molecule has 1 aliphatic heterocycles. The van der Waals surface area contributed by atoms with Crippen LogP contribution in [0.15, 0.2) is 30.3 Å². The van der Waals surface area contributed by atoms with Crippen LogP contribution in [0.1, 0.15) is 34.6 Å². The van der Waals surface area contributed by atoms with Gasteiger partial charge in [-0.25, -0.2) is 9.59 Å². The van der Waals surface area contributed by atoms with E-state index in [4.69, 9.17) is 9.47 Å². The van der Waals surface area contributed by atoms with Gasteiger partial charge >= 0.3 is 12.0 Å². The molecular formula is C21H23N3O6S. The number of hydrogen-bond donors (Lipinski definition) is 2. The number of urea groups is 1. The van der Waals surface area contributed by atoms with Crippen molar-refractivity contribution in [2.75, 3.05) is 25.6 Å². The molecule has 31 heavy (non-hydrogen) atoms. The van der Waals surface area contributed by atoms with Crippen molar-refractivity contribution >= 4 is 40.2 Å². The molecule has 0 radical (unpaired) electrons. The van der Waals surface area contributed by atoms with Crippen LogP contribution in [0.4, 0.5) is 9.80 Å². The zero-order chi connectivity index (χ0) is 22.8. The van der Waals surface area contributed by atoms with Crippen molar-refractivity contribution < 1.29 is 28.7 Å². The number of carbonyl (C=O) groups excluding carboxylic acids is 4. The summed E-state index contributed by atoms with van der Waals surface area (Å²) in [7, 11) is 1.53. The highest BCUT2D eigenvalue weighted by Gasteiger charge is 2.49. The Balaban J connectivity index is 1.70. The Morgan fingerprint density at radius 3 is 2.52 bits per heavy atom. The van der Waals surface area contributed by atoms with Gasteiger partial charge in [-0.3, -0.25) is 14.5 Å². The molecule has 2 aromatic rings. The number of nitrogens with one attached hydrogen (secondary N) is 2. The van der Waals surface area contributed by atoms with Crippen LogP contribution in [0, 0.1) is 6.92 Å². The topological polar surface area (TPSA) is 114 Å². The lowest BCUT2D eigenvalue weighted by Crippen LogP contribution is -2.42. The summed E-state index contributed by atoms with van der Waals surface area (Å²) >= 11 is 1.07. The molecule has 4 amide bonds. The maximum atomic E-state index is 13.0. The number of imide groups is 1. The minimum Gasteiger partial charge on any atom is -0.497 e. The molecule has 0 spiro atoms. The Kier molecular flexibility index (Phi) is 6.30. The van der Waals surface area contributed by atoms with Gasteiger partial charge < -0.3 is 20.1 Å². The normalized spacial score (nSPS) is 18.0. The van der Waals surface area contributed by atoms with E-state index in [0.717, 1.165) is 16.2 Å². The molecule has 0 bridgehead atoms. The van der Waals surface area contributed by atoms with Gasteiger partial charge in [-0.2, -0.15) is 0 Å². The van der Waals surface area contributed by atoms with Crippen molar-refractivity contribution in [2.45, 2.75) is 26.3 Å². The van der Waals surface area contributed by atoms with Crippen LogP contribution in [-0.2, 0) is 19.9 Å². The summed E-state index contributed by atoms with van der Waals surface area (Å²) in [5.74, 6) is -0.935. The molecule has 10 heteroatoms. The quantitative estimate of drug-likeness (QED) is 0.500. The lowest BCUT2D eigenvalue weighted by molar-refractivity contribution is -0.133. The van der Waals surface area contributed by atoms with Gasteiger partial charge in [-0.1, -0.05) is 12.1 Å². The summed E-state index contributed by atoms with van der Waals surface area (Å²) in [4.78, 5) is 51.1. The monoisotopic (exact) mass is 445 g/mol. The van der Waals surface area contributed by atoms with Gasteiger partial charge in [-0.05, 0) is 50.1 Å². The van der Waals surface area contributed by atoms with Crippen molar-refractivity contribution in [3.63, 3.8) is 0 Å². The number of rotatable bonds is 7. The highest BCUT2D eigenvalue weighted by atomic mass is 32.1. The molecule has 9 nitrogen and oxygen atoms in total. The van der Waals surface area contributed by atoms with Crippen molar-refractivity contribution in [3.05, 3.63) is 46.3 Å². The lowest BCUT2D eigenvalue weighted by Gasteiger charge is -2.22. The van der Waals surface area contributed by atoms with Crippen molar-refractivity contribution in [3.8, 4) is 5.75 Å². The van der Waals surface area contributed by atoms with E-state index in [9.17, 15) is 19.2 Å². The smallest absolute Gasteiger partial charge is 0.348 e. The second kappa shape index (κ2) is 8.76. The van der Waals surface area contributed by atoms with Crippen molar-refractivity contribution in [1.29, 1.82) is 0 Å². The van der Waals surface area contributed by atoms with Gasteiger partial charge in [0.2, 0.25) is 5.91 Å². The number of esters is 1. The summed E-state index contributed by atoms with van der Waals surface area (Å²) in [6, 6.07) is 7.73. The molecule has 164 valence electrons. The van der Waals surface area contributed by atoms with E-state index in [1.807, 2.05) is 0 Å². The van der Waals surface area contributed by atoms with E-state index in [1.54, 1.807) is 51.1 Å². The van der Waals surface area contributed by atoms with Gasteiger partial charge in [0.15, 0.2) is 0 Å². The highest BCUT2D eigenvalue weighted by Crippen LogP contribution is 2.31. The average molecular weight is 445 g/mol. The molecule has 1 unspecified atom stereocenters. The largest absolute Gasteiger partial charge is 0.497 e. The molecule has 1 aromatic heterocycles. The third-order valence-corrected chi connectivity index (χ3v) is 6.02. The van der Waals surface area contributed by atoms with E-state index >= 15 is 0 Å². The predicted molar refractivity (Wildman–Crippen MR) is 114 cm³/mol. The van der Waals surface area contributed by atoms with Crippen LogP contribution in [0.25, 0.3) is 0 Å². The van der Waals surface area contributed by atoms with Gasteiger partial charge in [0.1, 0.15) is 22.7 Å². The van der Waals surface area contributed by atoms with Crippen LogP contribution in [-0.4, -0.2) is 49.0 Å². The Hall–Kier alpha value is -3.40. The molecule has 3 rings (SSSR count). The van der Waals surface area contributed by atoms with Crippen LogP contribution < -0.4 is 15.4 Å². The molecule has 1 fully saturated rings. The molecule has 1 aromatic carbocycles. The molecule has 2 heterocycles. The molecule has 1 saturated heterocycles. The summed E-state index contributed by atoms with van der Waals surface area (Å²) < 4.78 is 10.1. The predicted octanol–water partition coefficient (Wildman–Crippen LogP) is 2.65. The number of thiophene rings is 1. The number of ether oxygens (including phenoxy) is 2. The zero-order valence-electron chi connectivity index (χ0n) is 17.6. The first-order valence-electron chi connectivity index (χ1n) is 9.55. The first-order chi connectivity index (χ1) is 14.7. The maximum absolute atomic E-state index is 13.0. The fraction of sp³-hybridized carbons (Fsp3) is 0.333. The molecule has 1 aliphatic rings. The molecular weight excluding hydrogens is 422 g/mol.